The normalized spacial score (nSPS) is 21.3. The van der Waals surface area contributed by atoms with Crippen molar-refractivity contribution >= 4 is 11.7 Å². The lowest BCUT2D eigenvalue weighted by Crippen LogP contribution is -2.38. The van der Waals surface area contributed by atoms with Crippen LogP contribution in [0, 0.1) is 6.92 Å². The molecule has 6 nitrogen and oxygen atoms in total. The second kappa shape index (κ2) is 10.2. The van der Waals surface area contributed by atoms with Crippen LogP contribution in [0.5, 0.6) is 0 Å². The van der Waals surface area contributed by atoms with E-state index in [0.717, 1.165) is 95.1 Å². The summed E-state index contributed by atoms with van der Waals surface area (Å²) in [7, 11) is 0. The Labute approximate surface area is 197 Å². The van der Waals surface area contributed by atoms with E-state index in [-0.39, 0.29) is 12.0 Å². The molecule has 0 aliphatic carbocycles. The average Bonchev–Trinajstić information content (AvgIpc) is 3.37. The van der Waals surface area contributed by atoms with Crippen LogP contribution in [0.3, 0.4) is 0 Å². The van der Waals surface area contributed by atoms with E-state index in [1.165, 1.54) is 11.1 Å². The van der Waals surface area contributed by atoms with Crippen LogP contribution in [0.15, 0.2) is 30.3 Å². The first-order valence-electron chi connectivity index (χ1n) is 12.7. The fourth-order valence-electron chi connectivity index (χ4n) is 5.55. The zero-order chi connectivity index (χ0) is 22.6. The molecule has 3 aliphatic rings. The zero-order valence-corrected chi connectivity index (χ0v) is 19.8. The molecule has 1 aromatic carbocycles. The van der Waals surface area contributed by atoms with E-state index in [1.54, 1.807) is 0 Å². The van der Waals surface area contributed by atoms with Crippen LogP contribution in [0.2, 0.25) is 0 Å². The maximum atomic E-state index is 12.7. The fraction of sp³-hybridized carbons (Fsp3) is 0.593. The number of rotatable bonds is 6. The molecule has 2 fully saturated rings. The van der Waals surface area contributed by atoms with Gasteiger partial charge >= 0.3 is 0 Å². The highest BCUT2D eigenvalue weighted by Crippen LogP contribution is 2.33. The summed E-state index contributed by atoms with van der Waals surface area (Å²) in [6, 6.07) is 10.7. The van der Waals surface area contributed by atoms with Crippen molar-refractivity contribution < 1.29 is 9.53 Å². The van der Waals surface area contributed by atoms with Crippen molar-refractivity contribution in [3.63, 3.8) is 0 Å². The Morgan fingerprint density at radius 3 is 2.64 bits per heavy atom. The van der Waals surface area contributed by atoms with Crippen molar-refractivity contribution in [1.29, 1.82) is 0 Å². The summed E-state index contributed by atoms with van der Waals surface area (Å²) in [5, 5.41) is 0. The number of likely N-dealkylation sites (tertiary alicyclic amines) is 1. The Morgan fingerprint density at radius 2 is 1.88 bits per heavy atom. The summed E-state index contributed by atoms with van der Waals surface area (Å²) in [6.07, 6.45) is 8.10. The first-order chi connectivity index (χ1) is 16.2. The summed E-state index contributed by atoms with van der Waals surface area (Å²) in [4.78, 5) is 27.2. The van der Waals surface area contributed by atoms with Crippen LogP contribution in [0.25, 0.3) is 0 Å². The highest BCUT2D eigenvalue weighted by Gasteiger charge is 2.29. The van der Waals surface area contributed by atoms with Crippen molar-refractivity contribution in [3.8, 4) is 0 Å². The number of aromatic nitrogens is 2. The van der Waals surface area contributed by atoms with Gasteiger partial charge in [0.1, 0.15) is 11.6 Å². The van der Waals surface area contributed by atoms with Gasteiger partial charge in [-0.2, -0.15) is 0 Å². The molecule has 0 unspecified atom stereocenters. The maximum absolute atomic E-state index is 12.7. The second-order valence-electron chi connectivity index (χ2n) is 9.81. The Hall–Kier alpha value is -2.47. The summed E-state index contributed by atoms with van der Waals surface area (Å²) in [6.45, 7) is 6.54. The van der Waals surface area contributed by atoms with Crippen molar-refractivity contribution in [1.82, 2.24) is 14.9 Å². The van der Waals surface area contributed by atoms with E-state index in [0.29, 0.717) is 12.3 Å². The topological polar surface area (TPSA) is 58.6 Å². The molecule has 6 heteroatoms. The average molecular weight is 449 g/mol. The number of benzene rings is 1. The SMILES string of the molecule is Cc1nc(C2CCN(C(=O)CC[C@@H]3CCCO3)CC2)nc2c1CCCN2Cc1ccccc1. The molecule has 33 heavy (non-hydrogen) atoms. The van der Waals surface area contributed by atoms with Crippen molar-refractivity contribution in [2.45, 2.75) is 76.9 Å². The van der Waals surface area contributed by atoms with Crippen LogP contribution in [-0.2, 0) is 22.5 Å². The van der Waals surface area contributed by atoms with Crippen LogP contribution in [0.1, 0.15) is 73.5 Å². The molecule has 0 N–H and O–H groups in total. The van der Waals surface area contributed by atoms with E-state index < -0.39 is 0 Å². The Kier molecular flexibility index (Phi) is 6.91. The molecule has 2 saturated heterocycles. The molecule has 4 heterocycles. The minimum Gasteiger partial charge on any atom is -0.378 e. The summed E-state index contributed by atoms with van der Waals surface area (Å²) >= 11 is 0. The third-order valence-electron chi connectivity index (χ3n) is 7.50. The first kappa shape index (κ1) is 22.3. The Bertz CT molecular complexity index is 950. The second-order valence-corrected chi connectivity index (χ2v) is 9.81. The molecule has 1 amide bonds. The zero-order valence-electron chi connectivity index (χ0n) is 19.8. The first-order valence-corrected chi connectivity index (χ1v) is 12.7. The maximum Gasteiger partial charge on any atom is 0.222 e. The number of fused-ring (bicyclic) bond motifs is 1. The van der Waals surface area contributed by atoms with Gasteiger partial charge in [0.25, 0.3) is 0 Å². The van der Waals surface area contributed by atoms with Gasteiger partial charge in [0, 0.05) is 56.4 Å². The lowest BCUT2D eigenvalue weighted by molar-refractivity contribution is -0.132. The number of piperidine rings is 1. The fourth-order valence-corrected chi connectivity index (χ4v) is 5.55. The lowest BCUT2D eigenvalue weighted by atomic mass is 9.94. The van der Waals surface area contributed by atoms with Crippen LogP contribution in [-0.4, -0.2) is 53.1 Å². The Balaban J connectivity index is 1.23. The van der Waals surface area contributed by atoms with Gasteiger partial charge in [-0.25, -0.2) is 9.97 Å². The number of hydrogen-bond acceptors (Lipinski definition) is 5. The minimum absolute atomic E-state index is 0.278. The van der Waals surface area contributed by atoms with Crippen molar-refractivity contribution in [2.24, 2.45) is 0 Å². The van der Waals surface area contributed by atoms with Gasteiger partial charge in [0.2, 0.25) is 5.91 Å². The monoisotopic (exact) mass is 448 g/mol. The van der Waals surface area contributed by atoms with E-state index in [9.17, 15) is 4.79 Å². The molecule has 0 radical (unpaired) electrons. The molecule has 2 aromatic rings. The third kappa shape index (κ3) is 5.21. The van der Waals surface area contributed by atoms with Crippen LogP contribution in [0.4, 0.5) is 5.82 Å². The van der Waals surface area contributed by atoms with Gasteiger partial charge in [-0.1, -0.05) is 30.3 Å². The van der Waals surface area contributed by atoms with E-state index in [2.05, 4.69) is 42.2 Å². The molecule has 0 saturated carbocycles. The predicted molar refractivity (Wildman–Crippen MR) is 129 cm³/mol. The van der Waals surface area contributed by atoms with Gasteiger partial charge < -0.3 is 14.5 Å². The van der Waals surface area contributed by atoms with E-state index >= 15 is 0 Å². The number of aryl methyl sites for hydroxylation is 1. The summed E-state index contributed by atoms with van der Waals surface area (Å²) in [5.74, 6) is 2.71. The summed E-state index contributed by atoms with van der Waals surface area (Å²) in [5.41, 5.74) is 3.75. The van der Waals surface area contributed by atoms with Crippen LogP contribution < -0.4 is 4.90 Å². The molecule has 1 aromatic heterocycles. The largest absolute Gasteiger partial charge is 0.378 e. The minimum atomic E-state index is 0.278. The smallest absolute Gasteiger partial charge is 0.222 e. The number of hydrogen-bond donors (Lipinski definition) is 0. The number of anilines is 1. The third-order valence-corrected chi connectivity index (χ3v) is 7.50. The van der Waals surface area contributed by atoms with E-state index in [4.69, 9.17) is 14.7 Å². The van der Waals surface area contributed by atoms with Gasteiger partial charge in [0.15, 0.2) is 0 Å². The number of amides is 1. The number of nitrogens with zero attached hydrogens (tertiary/aromatic N) is 4. The molecular weight excluding hydrogens is 412 g/mol. The van der Waals surface area contributed by atoms with Gasteiger partial charge in [-0.15, -0.1) is 0 Å². The quantitative estimate of drug-likeness (QED) is 0.655. The summed E-state index contributed by atoms with van der Waals surface area (Å²) < 4.78 is 5.68. The number of ether oxygens (including phenoxy) is 1. The number of carbonyl (C=O) groups is 1. The molecule has 3 aliphatic heterocycles. The van der Waals surface area contributed by atoms with Crippen molar-refractivity contribution in [3.05, 3.63) is 53.0 Å². The molecule has 0 bridgehead atoms. The molecule has 0 spiro atoms. The van der Waals surface area contributed by atoms with Gasteiger partial charge in [0.05, 0.1) is 6.10 Å². The van der Waals surface area contributed by atoms with Gasteiger partial charge in [-0.3, -0.25) is 4.79 Å². The highest BCUT2D eigenvalue weighted by atomic mass is 16.5. The predicted octanol–water partition coefficient (Wildman–Crippen LogP) is 4.40. The molecule has 176 valence electrons. The molecule has 5 rings (SSSR count). The molecular formula is C27H36N4O2. The number of carbonyl (C=O) groups excluding carboxylic acids is 1. The lowest BCUT2D eigenvalue weighted by Gasteiger charge is -2.34. The van der Waals surface area contributed by atoms with Crippen molar-refractivity contribution in [2.75, 3.05) is 31.1 Å². The van der Waals surface area contributed by atoms with Gasteiger partial charge in [-0.05, 0) is 57.4 Å². The molecule has 1 atom stereocenters. The standard InChI is InChI=1S/C27H36N4O2/c1-20-24-10-5-15-31(19-21-7-3-2-4-8-21)27(24)29-26(28-20)22-13-16-30(17-14-22)25(32)12-11-23-9-6-18-33-23/h2-4,7-8,22-23H,5-6,9-19H2,1H3/t23-/m0/s1. The van der Waals surface area contributed by atoms with E-state index in [1.807, 2.05) is 4.90 Å². The van der Waals surface area contributed by atoms with Crippen LogP contribution >= 0.6 is 0 Å². The Morgan fingerprint density at radius 1 is 1.06 bits per heavy atom. The highest BCUT2D eigenvalue weighted by molar-refractivity contribution is 5.76.